The van der Waals surface area contributed by atoms with Gasteiger partial charge in [-0.1, -0.05) is 36.7 Å². The fraction of sp³-hybridized carbons (Fsp3) is 0.222. The minimum absolute atomic E-state index is 0.157. The van der Waals surface area contributed by atoms with E-state index in [2.05, 4.69) is 15.5 Å². The van der Waals surface area contributed by atoms with Gasteiger partial charge in [0.15, 0.2) is 5.58 Å². The Hall–Kier alpha value is -2.37. The molecule has 2 aromatic carbocycles. The Labute approximate surface area is 144 Å². The Balaban J connectivity index is 1.76. The van der Waals surface area contributed by atoms with Gasteiger partial charge in [0.05, 0.1) is 16.3 Å². The van der Waals surface area contributed by atoms with Crippen molar-refractivity contribution in [2.24, 2.45) is 11.0 Å². The van der Waals surface area contributed by atoms with E-state index in [4.69, 9.17) is 16.0 Å². The number of aliphatic hydroxyl groups is 1. The zero-order valence-corrected chi connectivity index (χ0v) is 13.8. The number of nitrogens with one attached hydrogen (secondary N) is 1. The maximum Gasteiger partial charge on any atom is 0.228 e. The van der Waals surface area contributed by atoms with Gasteiger partial charge in [0, 0.05) is 17.9 Å². The number of hydrogen-bond donors (Lipinski definition) is 2. The van der Waals surface area contributed by atoms with Gasteiger partial charge >= 0.3 is 0 Å². The summed E-state index contributed by atoms with van der Waals surface area (Å²) in [5.74, 6) is 0.657. The van der Waals surface area contributed by atoms with Gasteiger partial charge in [-0.25, -0.2) is 4.98 Å². The van der Waals surface area contributed by atoms with Crippen LogP contribution in [-0.2, 0) is 0 Å². The summed E-state index contributed by atoms with van der Waals surface area (Å²) in [6.45, 7) is 2.04. The lowest BCUT2D eigenvalue weighted by Crippen LogP contribution is -2.35. The third-order valence-corrected chi connectivity index (χ3v) is 4.50. The number of aliphatic hydroxyl groups excluding tert-OH is 1. The summed E-state index contributed by atoms with van der Waals surface area (Å²) in [6, 6.07) is 13.3. The first-order valence-corrected chi connectivity index (χ1v) is 8.16. The zero-order chi connectivity index (χ0) is 16.7. The summed E-state index contributed by atoms with van der Waals surface area (Å²) >= 11 is 6.22. The van der Waals surface area contributed by atoms with Crippen LogP contribution in [0, 0.1) is 5.92 Å². The topological polar surface area (TPSA) is 70.7 Å². The molecule has 0 bridgehead atoms. The van der Waals surface area contributed by atoms with Crippen molar-refractivity contribution in [3.63, 3.8) is 0 Å². The Kier molecular flexibility index (Phi) is 3.75. The van der Waals surface area contributed by atoms with E-state index in [9.17, 15) is 5.11 Å². The molecule has 0 amide bonds. The molecular formula is C18H16ClN3O2. The summed E-state index contributed by atoms with van der Waals surface area (Å²) < 4.78 is 5.90. The van der Waals surface area contributed by atoms with E-state index in [1.54, 1.807) is 0 Å². The first-order chi connectivity index (χ1) is 11.6. The predicted molar refractivity (Wildman–Crippen MR) is 93.9 cm³/mol. The highest BCUT2D eigenvalue weighted by Crippen LogP contribution is 2.30. The molecule has 0 fully saturated rings. The number of aromatic nitrogens is 1. The van der Waals surface area contributed by atoms with Crippen LogP contribution in [0.3, 0.4) is 0 Å². The number of oxazole rings is 1. The number of hydrazone groups is 1. The summed E-state index contributed by atoms with van der Waals surface area (Å²) in [4.78, 5) is 4.51. The molecule has 2 atom stereocenters. The molecule has 3 aromatic rings. The Morgan fingerprint density at radius 3 is 2.88 bits per heavy atom. The molecule has 4 rings (SSSR count). The predicted octanol–water partition coefficient (Wildman–Crippen LogP) is 3.80. The lowest BCUT2D eigenvalue weighted by molar-refractivity contribution is 0.114. The van der Waals surface area contributed by atoms with E-state index in [1.807, 2.05) is 49.4 Å². The second-order valence-corrected chi connectivity index (χ2v) is 6.37. The standard InChI is InChI=1S/C18H16ClN3O2/c1-10-8-16(23)21-22-17(10)11-6-7-14-15(9-11)24-18(20-14)12-4-2-3-5-13(12)19/h2-7,9-10,16,21,23H,8H2,1H3. The molecular weight excluding hydrogens is 326 g/mol. The molecule has 122 valence electrons. The van der Waals surface area contributed by atoms with Crippen LogP contribution in [0.1, 0.15) is 18.9 Å². The molecule has 0 spiro atoms. The maximum atomic E-state index is 9.61. The van der Waals surface area contributed by atoms with E-state index >= 15 is 0 Å². The Morgan fingerprint density at radius 2 is 2.08 bits per heavy atom. The quantitative estimate of drug-likeness (QED) is 0.743. The normalized spacial score (nSPS) is 20.7. The Bertz CT molecular complexity index is 935. The fourth-order valence-electron chi connectivity index (χ4n) is 2.94. The van der Waals surface area contributed by atoms with E-state index in [1.165, 1.54) is 0 Å². The highest BCUT2D eigenvalue weighted by Gasteiger charge is 2.22. The molecule has 1 aliphatic rings. The third-order valence-electron chi connectivity index (χ3n) is 4.17. The van der Waals surface area contributed by atoms with E-state index in [0.717, 1.165) is 22.4 Å². The largest absolute Gasteiger partial charge is 0.436 e. The second kappa shape index (κ2) is 5.92. The van der Waals surface area contributed by atoms with Crippen molar-refractivity contribution in [1.29, 1.82) is 0 Å². The average molecular weight is 342 g/mol. The van der Waals surface area contributed by atoms with Crippen molar-refractivity contribution in [2.75, 3.05) is 0 Å². The van der Waals surface area contributed by atoms with Gasteiger partial charge in [-0.05, 0) is 24.3 Å². The van der Waals surface area contributed by atoms with Gasteiger partial charge in [0.1, 0.15) is 11.7 Å². The number of fused-ring (bicyclic) bond motifs is 1. The number of rotatable bonds is 2. The number of benzene rings is 2. The molecule has 2 unspecified atom stereocenters. The van der Waals surface area contributed by atoms with Crippen LogP contribution in [-0.4, -0.2) is 22.0 Å². The van der Waals surface area contributed by atoms with Crippen LogP contribution >= 0.6 is 11.6 Å². The van der Waals surface area contributed by atoms with Gasteiger partial charge in [0.2, 0.25) is 5.89 Å². The second-order valence-electron chi connectivity index (χ2n) is 5.96. The van der Waals surface area contributed by atoms with Crippen LogP contribution in [0.4, 0.5) is 0 Å². The molecule has 0 radical (unpaired) electrons. The molecule has 6 heteroatoms. The van der Waals surface area contributed by atoms with Crippen molar-refractivity contribution in [3.8, 4) is 11.5 Å². The minimum atomic E-state index is -0.593. The smallest absolute Gasteiger partial charge is 0.228 e. The van der Waals surface area contributed by atoms with Crippen molar-refractivity contribution < 1.29 is 9.52 Å². The first-order valence-electron chi connectivity index (χ1n) is 7.79. The molecule has 1 aliphatic heterocycles. The first kappa shape index (κ1) is 15.2. The van der Waals surface area contributed by atoms with Crippen LogP contribution in [0.25, 0.3) is 22.6 Å². The van der Waals surface area contributed by atoms with Crippen LogP contribution < -0.4 is 5.43 Å². The fourth-order valence-corrected chi connectivity index (χ4v) is 3.15. The highest BCUT2D eigenvalue weighted by atomic mass is 35.5. The van der Waals surface area contributed by atoms with Gasteiger partial charge in [-0.3, -0.25) is 5.43 Å². The molecule has 2 heterocycles. The van der Waals surface area contributed by atoms with Crippen LogP contribution in [0.2, 0.25) is 5.02 Å². The number of hydrogen-bond acceptors (Lipinski definition) is 5. The monoisotopic (exact) mass is 341 g/mol. The number of nitrogens with zero attached hydrogens (tertiary/aromatic N) is 2. The third kappa shape index (κ3) is 2.66. The minimum Gasteiger partial charge on any atom is -0.436 e. The molecule has 0 saturated heterocycles. The molecule has 0 saturated carbocycles. The molecule has 5 nitrogen and oxygen atoms in total. The summed E-state index contributed by atoms with van der Waals surface area (Å²) in [6.07, 6.45) is 0.0302. The van der Waals surface area contributed by atoms with Crippen molar-refractivity contribution in [3.05, 3.63) is 53.1 Å². The molecule has 2 N–H and O–H groups in total. The SMILES string of the molecule is CC1CC(O)NN=C1c1ccc2nc(-c3ccccc3Cl)oc2c1. The van der Waals surface area contributed by atoms with Crippen LogP contribution in [0.15, 0.2) is 52.0 Å². The van der Waals surface area contributed by atoms with Crippen molar-refractivity contribution >= 4 is 28.4 Å². The van der Waals surface area contributed by atoms with Gasteiger partial charge in [-0.15, -0.1) is 0 Å². The molecule has 0 aliphatic carbocycles. The lowest BCUT2D eigenvalue weighted by Gasteiger charge is -2.24. The van der Waals surface area contributed by atoms with Crippen molar-refractivity contribution in [2.45, 2.75) is 19.6 Å². The molecule has 24 heavy (non-hydrogen) atoms. The van der Waals surface area contributed by atoms with E-state index in [0.29, 0.717) is 22.9 Å². The van der Waals surface area contributed by atoms with Crippen molar-refractivity contribution in [1.82, 2.24) is 10.4 Å². The summed E-state index contributed by atoms with van der Waals surface area (Å²) in [5, 5.41) is 14.5. The van der Waals surface area contributed by atoms with Gasteiger partial charge < -0.3 is 9.52 Å². The molecule has 1 aromatic heterocycles. The summed E-state index contributed by atoms with van der Waals surface area (Å²) in [5.41, 5.74) is 6.80. The Morgan fingerprint density at radius 1 is 1.25 bits per heavy atom. The highest BCUT2D eigenvalue weighted by molar-refractivity contribution is 6.33. The average Bonchev–Trinajstić information content (AvgIpc) is 2.98. The van der Waals surface area contributed by atoms with Crippen LogP contribution in [0.5, 0.6) is 0 Å². The maximum absolute atomic E-state index is 9.61. The zero-order valence-electron chi connectivity index (χ0n) is 13.0. The van der Waals surface area contributed by atoms with Gasteiger partial charge in [0.25, 0.3) is 0 Å². The lowest BCUT2D eigenvalue weighted by atomic mass is 9.93. The number of halogens is 1. The summed E-state index contributed by atoms with van der Waals surface area (Å²) in [7, 11) is 0. The van der Waals surface area contributed by atoms with Gasteiger partial charge in [-0.2, -0.15) is 5.10 Å². The van der Waals surface area contributed by atoms with E-state index in [-0.39, 0.29) is 5.92 Å². The van der Waals surface area contributed by atoms with E-state index < -0.39 is 6.23 Å².